The molecule has 0 saturated heterocycles. The van der Waals surface area contributed by atoms with Gasteiger partial charge >= 0.3 is 5.97 Å². The second-order valence-electron chi connectivity index (χ2n) is 4.55. The first-order valence-corrected chi connectivity index (χ1v) is 6.20. The maximum atomic E-state index is 13.7. The summed E-state index contributed by atoms with van der Waals surface area (Å²) in [7, 11) is 1.36. The van der Waals surface area contributed by atoms with Crippen molar-refractivity contribution in [3.63, 3.8) is 0 Å². The topological polar surface area (TPSA) is 68.5 Å². The van der Waals surface area contributed by atoms with Crippen molar-refractivity contribution in [3.8, 4) is 5.75 Å². The highest BCUT2D eigenvalue weighted by molar-refractivity contribution is 5.87. The van der Waals surface area contributed by atoms with E-state index in [4.69, 9.17) is 9.84 Å². The predicted octanol–water partition coefficient (Wildman–Crippen LogP) is 2.05. The fourth-order valence-corrected chi connectivity index (χ4v) is 2.02. The van der Waals surface area contributed by atoms with Crippen LogP contribution in [0.1, 0.15) is 21.6 Å². The Bertz CT molecular complexity index is 752. The average molecular weight is 291 g/mol. The van der Waals surface area contributed by atoms with Gasteiger partial charge in [-0.2, -0.15) is 0 Å². The number of nitrogens with zero attached hydrogens (tertiary/aromatic N) is 1. The van der Waals surface area contributed by atoms with Gasteiger partial charge in [-0.15, -0.1) is 0 Å². The van der Waals surface area contributed by atoms with Crippen molar-refractivity contribution in [3.05, 3.63) is 63.3 Å². The zero-order valence-electron chi connectivity index (χ0n) is 11.6. The normalized spacial score (nSPS) is 10.4. The van der Waals surface area contributed by atoms with Crippen molar-refractivity contribution in [2.75, 3.05) is 7.11 Å². The molecule has 6 heteroatoms. The molecule has 0 aliphatic heterocycles. The van der Waals surface area contributed by atoms with Gasteiger partial charge < -0.3 is 14.4 Å². The highest BCUT2D eigenvalue weighted by atomic mass is 19.1. The van der Waals surface area contributed by atoms with Gasteiger partial charge in [-0.3, -0.25) is 4.79 Å². The molecule has 0 spiro atoms. The lowest BCUT2D eigenvalue weighted by molar-refractivity contribution is 0.0694. The molecular formula is C15H14FNO4. The molecule has 0 aliphatic rings. The maximum absolute atomic E-state index is 13.7. The quantitative estimate of drug-likeness (QED) is 0.936. The summed E-state index contributed by atoms with van der Waals surface area (Å²) < 4.78 is 19.8. The van der Waals surface area contributed by atoms with Crippen molar-refractivity contribution in [2.24, 2.45) is 0 Å². The summed E-state index contributed by atoms with van der Waals surface area (Å²) in [5.74, 6) is -1.70. The van der Waals surface area contributed by atoms with Gasteiger partial charge in [0, 0.05) is 5.69 Å². The van der Waals surface area contributed by atoms with Gasteiger partial charge in [0.2, 0.25) is 0 Å². The van der Waals surface area contributed by atoms with E-state index in [1.165, 1.54) is 29.9 Å². The van der Waals surface area contributed by atoms with Crippen LogP contribution in [0.2, 0.25) is 0 Å². The molecule has 0 amide bonds. The Kier molecular flexibility index (Phi) is 4.07. The van der Waals surface area contributed by atoms with Crippen molar-refractivity contribution >= 4 is 5.97 Å². The molecule has 0 atom stereocenters. The average Bonchev–Trinajstić information content (AvgIpc) is 2.43. The number of pyridine rings is 1. The Morgan fingerprint density at radius 2 is 2.05 bits per heavy atom. The molecule has 0 aliphatic carbocycles. The van der Waals surface area contributed by atoms with Crippen LogP contribution in [-0.4, -0.2) is 22.8 Å². The van der Waals surface area contributed by atoms with E-state index >= 15 is 0 Å². The molecule has 1 aromatic heterocycles. The molecule has 1 heterocycles. The van der Waals surface area contributed by atoms with Crippen molar-refractivity contribution in [1.82, 2.24) is 4.57 Å². The van der Waals surface area contributed by atoms with E-state index in [2.05, 4.69) is 0 Å². The van der Waals surface area contributed by atoms with Crippen LogP contribution in [0.5, 0.6) is 5.75 Å². The largest absolute Gasteiger partial charge is 0.494 e. The van der Waals surface area contributed by atoms with Gasteiger partial charge in [0.15, 0.2) is 11.6 Å². The minimum atomic E-state index is -1.28. The number of hydrogen-bond acceptors (Lipinski definition) is 3. The molecule has 0 saturated carbocycles. The van der Waals surface area contributed by atoms with Gasteiger partial charge in [-0.1, -0.05) is 6.07 Å². The standard InChI is InChI=1S/C15H14FNO4/c1-9-3-5-11(15(19)20)14(18)17(9)8-10-4-6-13(21-2)12(16)7-10/h3-7H,8H2,1-2H3,(H,19,20). The summed E-state index contributed by atoms with van der Waals surface area (Å²) in [5.41, 5.74) is 0.218. The molecular weight excluding hydrogens is 277 g/mol. The lowest BCUT2D eigenvalue weighted by Crippen LogP contribution is -2.28. The number of carboxylic acid groups (broad SMARTS) is 1. The number of methoxy groups -OCH3 is 1. The number of aromatic carboxylic acids is 1. The van der Waals surface area contributed by atoms with Crippen LogP contribution in [0.3, 0.4) is 0 Å². The summed E-state index contributed by atoms with van der Waals surface area (Å²) >= 11 is 0. The van der Waals surface area contributed by atoms with E-state index in [0.717, 1.165) is 0 Å². The molecule has 0 fully saturated rings. The second-order valence-corrected chi connectivity index (χ2v) is 4.55. The Balaban J connectivity index is 2.44. The maximum Gasteiger partial charge on any atom is 0.341 e. The zero-order chi connectivity index (χ0) is 15.6. The Hall–Kier alpha value is -2.63. The van der Waals surface area contributed by atoms with E-state index in [1.807, 2.05) is 0 Å². The lowest BCUT2D eigenvalue weighted by Gasteiger charge is -2.11. The first kappa shape index (κ1) is 14.8. The summed E-state index contributed by atoms with van der Waals surface area (Å²) in [5, 5.41) is 8.97. The van der Waals surface area contributed by atoms with Crippen molar-refractivity contribution in [1.29, 1.82) is 0 Å². The zero-order valence-corrected chi connectivity index (χ0v) is 11.6. The number of rotatable bonds is 4. The van der Waals surface area contributed by atoms with Gasteiger partial charge in [0.05, 0.1) is 13.7 Å². The molecule has 2 aromatic rings. The summed E-state index contributed by atoms with van der Waals surface area (Å²) in [4.78, 5) is 23.1. The fraction of sp³-hybridized carbons (Fsp3) is 0.200. The van der Waals surface area contributed by atoms with E-state index < -0.39 is 17.3 Å². The molecule has 0 radical (unpaired) electrons. The summed E-state index contributed by atoms with van der Waals surface area (Å²) in [6, 6.07) is 7.17. The van der Waals surface area contributed by atoms with E-state index in [9.17, 15) is 14.0 Å². The van der Waals surface area contributed by atoms with Crippen molar-refractivity contribution < 1.29 is 19.0 Å². The van der Waals surface area contributed by atoms with Gasteiger partial charge in [0.25, 0.3) is 5.56 Å². The van der Waals surface area contributed by atoms with E-state index in [0.29, 0.717) is 11.3 Å². The fourth-order valence-electron chi connectivity index (χ4n) is 2.02. The number of aromatic nitrogens is 1. The lowest BCUT2D eigenvalue weighted by atomic mass is 10.2. The van der Waals surface area contributed by atoms with Gasteiger partial charge in [0.1, 0.15) is 5.56 Å². The molecule has 21 heavy (non-hydrogen) atoms. The van der Waals surface area contributed by atoms with Crippen LogP contribution in [0.25, 0.3) is 0 Å². The number of benzene rings is 1. The molecule has 1 aromatic carbocycles. The van der Waals surface area contributed by atoms with Crippen molar-refractivity contribution in [2.45, 2.75) is 13.5 Å². The number of hydrogen-bond donors (Lipinski definition) is 1. The SMILES string of the molecule is COc1ccc(Cn2c(C)ccc(C(=O)O)c2=O)cc1F. The number of halogens is 1. The highest BCUT2D eigenvalue weighted by Crippen LogP contribution is 2.18. The van der Waals surface area contributed by atoms with E-state index in [-0.39, 0.29) is 17.9 Å². The smallest absolute Gasteiger partial charge is 0.341 e. The molecule has 110 valence electrons. The Morgan fingerprint density at radius 3 is 2.62 bits per heavy atom. The van der Waals surface area contributed by atoms with Gasteiger partial charge in [-0.25, -0.2) is 9.18 Å². The molecule has 5 nitrogen and oxygen atoms in total. The van der Waals surface area contributed by atoms with Crippen LogP contribution < -0.4 is 10.3 Å². The minimum Gasteiger partial charge on any atom is -0.494 e. The molecule has 2 rings (SSSR count). The van der Waals surface area contributed by atoms with Crippen LogP contribution >= 0.6 is 0 Å². The number of carbonyl (C=O) groups is 1. The first-order chi connectivity index (χ1) is 9.93. The second kappa shape index (κ2) is 5.78. The third-order valence-corrected chi connectivity index (χ3v) is 3.18. The first-order valence-electron chi connectivity index (χ1n) is 6.20. The number of ether oxygens (including phenoxy) is 1. The number of carboxylic acids is 1. The van der Waals surface area contributed by atoms with Crippen LogP contribution in [0, 0.1) is 12.7 Å². The van der Waals surface area contributed by atoms with Crippen LogP contribution in [0.15, 0.2) is 35.1 Å². The third kappa shape index (κ3) is 2.94. The molecule has 0 unspecified atom stereocenters. The highest BCUT2D eigenvalue weighted by Gasteiger charge is 2.13. The molecule has 0 bridgehead atoms. The van der Waals surface area contributed by atoms with Gasteiger partial charge in [-0.05, 0) is 36.8 Å². The minimum absolute atomic E-state index is 0.0900. The van der Waals surface area contributed by atoms with Crippen LogP contribution in [-0.2, 0) is 6.54 Å². The summed E-state index contributed by atoms with van der Waals surface area (Å²) in [6.07, 6.45) is 0. The molecule has 1 N–H and O–H groups in total. The van der Waals surface area contributed by atoms with Crippen LogP contribution in [0.4, 0.5) is 4.39 Å². The van der Waals surface area contributed by atoms with E-state index in [1.54, 1.807) is 19.1 Å². The summed E-state index contributed by atoms with van der Waals surface area (Å²) in [6.45, 7) is 1.78. The monoisotopic (exact) mass is 291 g/mol. The third-order valence-electron chi connectivity index (χ3n) is 3.18. The predicted molar refractivity (Wildman–Crippen MR) is 74.5 cm³/mol. The Labute approximate surface area is 120 Å². The Morgan fingerprint density at radius 1 is 1.33 bits per heavy atom. The number of aryl methyl sites for hydroxylation is 1.